The Labute approximate surface area is 145 Å². The first kappa shape index (κ1) is 16.0. The summed E-state index contributed by atoms with van der Waals surface area (Å²) in [6.45, 7) is 3.96. The number of halogens is 2. The van der Waals surface area contributed by atoms with Gasteiger partial charge in [0.15, 0.2) is 0 Å². The molecule has 0 amide bonds. The normalized spacial score (nSPS) is 14.8. The molecule has 0 aromatic heterocycles. The Morgan fingerprint density at radius 1 is 1.44 bits per heavy atom. The fourth-order valence-electron chi connectivity index (χ4n) is 1.56. The molecule has 0 aliphatic carbocycles. The average Bonchev–Trinajstić information content (AvgIpc) is 2.28. The average molecular weight is 400 g/mol. The van der Waals surface area contributed by atoms with Crippen LogP contribution in [-0.2, 0) is 32.7 Å². The summed E-state index contributed by atoms with van der Waals surface area (Å²) in [5.74, 6) is 0.147. The summed E-state index contributed by atoms with van der Waals surface area (Å²) in [4.78, 5) is 1.89. The molecule has 1 aromatic carbocycles. The number of phenols is 1. The maximum atomic E-state index is 9.33. The van der Waals surface area contributed by atoms with Crippen molar-refractivity contribution < 1.29 is 37.8 Å². The third-order valence-electron chi connectivity index (χ3n) is 2.56. The minimum Gasteiger partial charge on any atom is -0.508 e. The van der Waals surface area contributed by atoms with Crippen LogP contribution in [0.25, 0.3) is 5.70 Å². The first-order valence-electron chi connectivity index (χ1n) is 4.91. The van der Waals surface area contributed by atoms with Crippen molar-refractivity contribution in [2.45, 2.75) is 0 Å². The summed E-state index contributed by atoms with van der Waals surface area (Å²) in [7, 11) is 1.89. The van der Waals surface area contributed by atoms with Gasteiger partial charge in [-0.2, -0.15) is 12.2 Å². The van der Waals surface area contributed by atoms with Crippen molar-refractivity contribution >= 4 is 33.2 Å². The molecule has 1 aliphatic rings. The Morgan fingerprint density at radius 3 is 2.72 bits per heavy atom. The minimum atomic E-state index is 0. The van der Waals surface area contributed by atoms with Crippen molar-refractivity contribution in [2.24, 2.45) is 0 Å². The van der Waals surface area contributed by atoms with E-state index >= 15 is 0 Å². The van der Waals surface area contributed by atoms with Crippen LogP contribution in [0.1, 0.15) is 5.56 Å². The van der Waals surface area contributed by atoms with E-state index in [0.29, 0.717) is 5.02 Å². The zero-order valence-electron chi connectivity index (χ0n) is 9.74. The van der Waals surface area contributed by atoms with E-state index in [2.05, 4.69) is 28.6 Å². The molecule has 2 rings (SSSR count). The van der Waals surface area contributed by atoms with Gasteiger partial charge in [0.25, 0.3) is 0 Å². The summed E-state index contributed by atoms with van der Waals surface area (Å²) in [5.41, 5.74) is 2.47. The number of likely N-dealkylation sites (N-methyl/N-ethyl adjacent to an activating group) is 1. The molecule has 18 heavy (non-hydrogen) atoms. The standard InChI is InChI=1S/C13H10BrClNO.Y/c1-8-11(14)5-6-13(16(8)2)10-4-3-9(17)7-12(10)15;/h3-5,7,17H,1H2,2H3;/q-1;. The molecule has 0 fully saturated rings. The van der Waals surface area contributed by atoms with Crippen molar-refractivity contribution in [3.63, 3.8) is 0 Å². The van der Waals surface area contributed by atoms with Crippen LogP contribution in [0.15, 0.2) is 41.0 Å². The molecular weight excluding hydrogens is 390 g/mol. The van der Waals surface area contributed by atoms with Crippen molar-refractivity contribution in [2.75, 3.05) is 7.05 Å². The Hall–Kier alpha value is -0.0861. The number of rotatable bonds is 1. The van der Waals surface area contributed by atoms with E-state index in [1.807, 2.05) is 11.9 Å². The number of nitrogens with zero attached hydrogens (tertiary/aromatic N) is 1. The van der Waals surface area contributed by atoms with E-state index in [-0.39, 0.29) is 38.5 Å². The van der Waals surface area contributed by atoms with Crippen LogP contribution in [0.4, 0.5) is 0 Å². The number of allylic oxidation sites excluding steroid dienone is 3. The van der Waals surface area contributed by atoms with Gasteiger partial charge in [-0.25, -0.2) is 0 Å². The van der Waals surface area contributed by atoms with Gasteiger partial charge in [-0.15, -0.1) is 22.0 Å². The molecule has 0 atom stereocenters. The zero-order chi connectivity index (χ0) is 12.6. The molecule has 0 saturated heterocycles. The molecule has 2 nitrogen and oxygen atoms in total. The quantitative estimate of drug-likeness (QED) is 0.723. The summed E-state index contributed by atoms with van der Waals surface area (Å²) in [6.07, 6.45) is 4.94. The van der Waals surface area contributed by atoms with Gasteiger partial charge in [0, 0.05) is 39.8 Å². The van der Waals surface area contributed by atoms with Gasteiger partial charge in [0.05, 0.1) is 0 Å². The topological polar surface area (TPSA) is 23.5 Å². The van der Waals surface area contributed by atoms with Crippen molar-refractivity contribution in [1.29, 1.82) is 0 Å². The Bertz CT molecular complexity index is 554. The van der Waals surface area contributed by atoms with E-state index in [9.17, 15) is 5.11 Å². The van der Waals surface area contributed by atoms with Crippen LogP contribution < -0.4 is 0 Å². The van der Waals surface area contributed by atoms with E-state index < -0.39 is 0 Å². The van der Waals surface area contributed by atoms with Crippen LogP contribution in [-0.4, -0.2) is 17.1 Å². The molecule has 91 valence electrons. The van der Waals surface area contributed by atoms with Crippen LogP contribution in [0.5, 0.6) is 5.75 Å². The van der Waals surface area contributed by atoms with Crippen molar-refractivity contribution in [3.05, 3.63) is 57.7 Å². The Morgan fingerprint density at radius 2 is 2.11 bits per heavy atom. The van der Waals surface area contributed by atoms with Gasteiger partial charge < -0.3 is 10.0 Å². The molecule has 1 N–H and O–H groups in total. The fourth-order valence-corrected chi connectivity index (χ4v) is 2.21. The smallest absolute Gasteiger partial charge is 0.114 e. The van der Waals surface area contributed by atoms with Gasteiger partial charge in [0.2, 0.25) is 0 Å². The summed E-state index contributed by atoms with van der Waals surface area (Å²) < 4.78 is 0.888. The third-order valence-corrected chi connectivity index (χ3v) is 3.56. The monoisotopic (exact) mass is 399 g/mol. The SMILES string of the molecule is C=C1C(Br)=C[C-]=C(c2ccc(O)cc2Cl)N1C.[Y]. The van der Waals surface area contributed by atoms with E-state index in [1.165, 1.54) is 6.07 Å². The first-order chi connectivity index (χ1) is 8.00. The molecule has 0 saturated carbocycles. The number of aromatic hydroxyl groups is 1. The van der Waals surface area contributed by atoms with Gasteiger partial charge in [0.1, 0.15) is 5.75 Å². The van der Waals surface area contributed by atoms with Gasteiger partial charge in [-0.1, -0.05) is 33.9 Å². The maximum absolute atomic E-state index is 9.33. The van der Waals surface area contributed by atoms with Gasteiger partial charge in [-0.3, -0.25) is 0 Å². The number of hydrogen-bond acceptors (Lipinski definition) is 2. The second-order valence-electron chi connectivity index (χ2n) is 3.66. The molecule has 0 bridgehead atoms. The summed E-state index contributed by atoms with van der Waals surface area (Å²) in [5, 5.41) is 9.82. The van der Waals surface area contributed by atoms with Crippen molar-refractivity contribution in [1.82, 2.24) is 4.90 Å². The Kier molecular flexibility index (Phi) is 5.66. The largest absolute Gasteiger partial charge is 0.508 e. The second-order valence-corrected chi connectivity index (χ2v) is 4.92. The van der Waals surface area contributed by atoms with Gasteiger partial charge in [-0.05, 0) is 22.9 Å². The zero-order valence-corrected chi connectivity index (χ0v) is 14.9. The Balaban J connectivity index is 0.00000162. The second kappa shape index (κ2) is 6.38. The molecular formula is C13H10BrClNOY-. The van der Waals surface area contributed by atoms with Crippen LogP contribution in [0, 0.1) is 6.08 Å². The predicted octanol–water partition coefficient (Wildman–Crippen LogP) is 3.93. The number of benzene rings is 1. The summed E-state index contributed by atoms with van der Waals surface area (Å²) >= 11 is 9.50. The predicted molar refractivity (Wildman–Crippen MR) is 73.7 cm³/mol. The van der Waals surface area contributed by atoms with Crippen LogP contribution in [0.2, 0.25) is 5.02 Å². The molecule has 1 aliphatic heterocycles. The van der Waals surface area contributed by atoms with E-state index in [0.717, 1.165) is 21.4 Å². The van der Waals surface area contributed by atoms with E-state index in [1.54, 1.807) is 18.2 Å². The van der Waals surface area contributed by atoms with Crippen LogP contribution >= 0.6 is 27.5 Å². The van der Waals surface area contributed by atoms with Crippen molar-refractivity contribution in [3.8, 4) is 5.75 Å². The molecule has 5 heteroatoms. The molecule has 1 heterocycles. The molecule has 1 aromatic rings. The fraction of sp³-hybridized carbons (Fsp3) is 0.0769. The number of hydrogen-bond donors (Lipinski definition) is 1. The molecule has 0 spiro atoms. The van der Waals surface area contributed by atoms with Gasteiger partial charge >= 0.3 is 0 Å². The van der Waals surface area contributed by atoms with Crippen LogP contribution in [0.3, 0.4) is 0 Å². The number of phenolic OH excluding ortho intramolecular Hbond substituents is 1. The first-order valence-corrected chi connectivity index (χ1v) is 6.09. The molecule has 0 unspecified atom stereocenters. The minimum absolute atomic E-state index is 0. The summed E-state index contributed by atoms with van der Waals surface area (Å²) in [6, 6.07) is 4.87. The van der Waals surface area contributed by atoms with E-state index in [4.69, 9.17) is 11.6 Å². The maximum Gasteiger partial charge on any atom is 0.114 e. The molecule has 1 radical (unpaired) electrons. The third kappa shape index (κ3) is 3.08.